The summed E-state index contributed by atoms with van der Waals surface area (Å²) in [4.78, 5) is 13.0. The van der Waals surface area contributed by atoms with Gasteiger partial charge in [-0.1, -0.05) is 11.2 Å². The van der Waals surface area contributed by atoms with Crippen LogP contribution >= 0.6 is 11.3 Å². The van der Waals surface area contributed by atoms with E-state index in [1.165, 1.54) is 11.3 Å². The van der Waals surface area contributed by atoms with Crippen molar-refractivity contribution in [3.8, 4) is 11.9 Å². The molecule has 120 valence electrons. The van der Waals surface area contributed by atoms with Gasteiger partial charge in [-0.3, -0.25) is 9.36 Å². The number of allylic oxidation sites excluding steroid dienone is 1. The van der Waals surface area contributed by atoms with Crippen LogP contribution in [0.25, 0.3) is 11.9 Å². The summed E-state index contributed by atoms with van der Waals surface area (Å²) in [5.41, 5.74) is 2.78. The largest absolute Gasteiger partial charge is 0.360 e. The molecule has 0 radical (unpaired) electrons. The summed E-state index contributed by atoms with van der Waals surface area (Å²) in [6.07, 6.45) is 1.63. The van der Waals surface area contributed by atoms with E-state index < -0.39 is 0 Å². The second kappa shape index (κ2) is 6.30. The molecule has 0 N–H and O–H groups in total. The number of nitriles is 1. The highest BCUT2D eigenvalue weighted by atomic mass is 32.1. The Morgan fingerprint density at radius 2 is 2.17 bits per heavy atom. The molecule has 5 nitrogen and oxygen atoms in total. The van der Waals surface area contributed by atoms with Crippen molar-refractivity contribution >= 4 is 23.2 Å². The molecule has 24 heavy (non-hydrogen) atoms. The fourth-order valence-corrected chi connectivity index (χ4v) is 3.27. The van der Waals surface area contributed by atoms with Gasteiger partial charge in [-0.25, -0.2) is 0 Å². The van der Waals surface area contributed by atoms with E-state index in [9.17, 15) is 10.1 Å². The minimum atomic E-state index is -0.255. The lowest BCUT2D eigenvalue weighted by Crippen LogP contribution is -2.00. The second-order valence-electron chi connectivity index (χ2n) is 5.43. The Morgan fingerprint density at radius 3 is 2.75 bits per heavy atom. The molecule has 3 aromatic heterocycles. The first-order valence-corrected chi connectivity index (χ1v) is 8.22. The van der Waals surface area contributed by atoms with E-state index in [1.807, 2.05) is 48.9 Å². The van der Waals surface area contributed by atoms with Gasteiger partial charge >= 0.3 is 0 Å². The minimum Gasteiger partial charge on any atom is -0.360 e. The zero-order chi connectivity index (χ0) is 17.3. The van der Waals surface area contributed by atoms with E-state index in [0.29, 0.717) is 10.7 Å². The smallest absolute Gasteiger partial charge is 0.213 e. The molecule has 0 unspecified atom stereocenters. The van der Waals surface area contributed by atoms with Crippen molar-refractivity contribution in [2.75, 3.05) is 0 Å². The first kappa shape index (κ1) is 16.0. The molecule has 3 aromatic rings. The Bertz CT molecular complexity index is 969. The second-order valence-corrected chi connectivity index (χ2v) is 6.38. The van der Waals surface area contributed by atoms with Crippen molar-refractivity contribution in [2.24, 2.45) is 0 Å². The standard InChI is InChI=1S/C18H15N3O2S/c1-11-7-14(13(3)21(11)17-8-12(2)23-20-17)9-15(10-19)18(22)16-5-4-6-24-16/h4-9H,1-3H3/b15-9+. The summed E-state index contributed by atoms with van der Waals surface area (Å²) in [7, 11) is 0. The van der Waals surface area contributed by atoms with E-state index in [0.717, 1.165) is 22.7 Å². The van der Waals surface area contributed by atoms with Crippen LogP contribution in [0.3, 0.4) is 0 Å². The summed E-state index contributed by atoms with van der Waals surface area (Å²) in [6, 6.07) is 9.30. The highest BCUT2D eigenvalue weighted by Crippen LogP contribution is 2.24. The van der Waals surface area contributed by atoms with Gasteiger partial charge in [0.05, 0.1) is 4.88 Å². The highest BCUT2D eigenvalue weighted by Gasteiger charge is 2.16. The number of aromatic nitrogens is 2. The van der Waals surface area contributed by atoms with Gasteiger partial charge in [-0.2, -0.15) is 5.26 Å². The maximum Gasteiger partial charge on any atom is 0.213 e. The zero-order valence-electron chi connectivity index (χ0n) is 13.5. The topological polar surface area (TPSA) is 71.8 Å². The van der Waals surface area contributed by atoms with Crippen LogP contribution in [0.5, 0.6) is 0 Å². The first-order chi connectivity index (χ1) is 11.5. The zero-order valence-corrected chi connectivity index (χ0v) is 14.3. The van der Waals surface area contributed by atoms with Crippen LogP contribution in [0.4, 0.5) is 0 Å². The molecule has 0 aliphatic carbocycles. The predicted molar refractivity (Wildman–Crippen MR) is 92.3 cm³/mol. The van der Waals surface area contributed by atoms with Gasteiger partial charge in [0.2, 0.25) is 5.78 Å². The lowest BCUT2D eigenvalue weighted by Gasteiger charge is -2.04. The van der Waals surface area contributed by atoms with Crippen molar-refractivity contribution < 1.29 is 9.32 Å². The van der Waals surface area contributed by atoms with Crippen molar-refractivity contribution in [3.63, 3.8) is 0 Å². The Hall–Kier alpha value is -2.91. The quantitative estimate of drug-likeness (QED) is 0.405. The number of ketones is 1. The van der Waals surface area contributed by atoms with E-state index in [-0.39, 0.29) is 11.4 Å². The molecule has 0 aromatic carbocycles. The lowest BCUT2D eigenvalue weighted by molar-refractivity contribution is 0.104. The van der Waals surface area contributed by atoms with Crippen molar-refractivity contribution in [3.05, 3.63) is 62.8 Å². The van der Waals surface area contributed by atoms with E-state index in [1.54, 1.807) is 18.2 Å². The molecule has 0 fully saturated rings. The average molecular weight is 337 g/mol. The van der Waals surface area contributed by atoms with Crippen LogP contribution in [-0.4, -0.2) is 15.5 Å². The van der Waals surface area contributed by atoms with Crippen LogP contribution in [0.1, 0.15) is 32.4 Å². The van der Waals surface area contributed by atoms with Crippen molar-refractivity contribution in [1.82, 2.24) is 9.72 Å². The summed E-state index contributed by atoms with van der Waals surface area (Å²) < 4.78 is 7.07. The van der Waals surface area contributed by atoms with Gasteiger partial charge in [0.15, 0.2) is 5.82 Å². The Balaban J connectivity index is 2.04. The molecule has 0 aliphatic heterocycles. The molecule has 3 heterocycles. The monoisotopic (exact) mass is 337 g/mol. The maximum absolute atomic E-state index is 12.4. The Morgan fingerprint density at radius 1 is 1.38 bits per heavy atom. The van der Waals surface area contributed by atoms with Crippen LogP contribution in [0, 0.1) is 32.1 Å². The number of hydrogen-bond acceptors (Lipinski definition) is 5. The van der Waals surface area contributed by atoms with Crippen LogP contribution in [0.15, 0.2) is 39.7 Å². The van der Waals surface area contributed by atoms with E-state index in [4.69, 9.17) is 4.52 Å². The van der Waals surface area contributed by atoms with Gasteiger partial charge in [0.25, 0.3) is 0 Å². The molecule has 0 saturated heterocycles. The van der Waals surface area contributed by atoms with Gasteiger partial charge in [0.1, 0.15) is 17.4 Å². The highest BCUT2D eigenvalue weighted by molar-refractivity contribution is 7.12. The Kier molecular flexibility index (Phi) is 4.19. The van der Waals surface area contributed by atoms with Gasteiger partial charge < -0.3 is 4.52 Å². The van der Waals surface area contributed by atoms with Crippen LogP contribution in [-0.2, 0) is 0 Å². The van der Waals surface area contributed by atoms with Crippen LogP contribution in [0.2, 0.25) is 0 Å². The summed E-state index contributed by atoms with van der Waals surface area (Å²) in [5.74, 6) is 1.15. The van der Waals surface area contributed by atoms with Crippen LogP contribution < -0.4 is 0 Å². The molecule has 0 bridgehead atoms. The summed E-state index contributed by atoms with van der Waals surface area (Å²) in [5, 5.41) is 15.2. The van der Waals surface area contributed by atoms with Crippen molar-refractivity contribution in [1.29, 1.82) is 5.26 Å². The molecule has 6 heteroatoms. The molecular weight excluding hydrogens is 322 g/mol. The maximum atomic E-state index is 12.4. The number of thiophene rings is 1. The average Bonchev–Trinajstić information content (AvgIpc) is 3.27. The number of aryl methyl sites for hydroxylation is 2. The molecule has 0 saturated carbocycles. The molecule has 0 aliphatic rings. The molecule has 0 spiro atoms. The van der Waals surface area contributed by atoms with Gasteiger partial charge in [-0.05, 0) is 49.9 Å². The van der Waals surface area contributed by atoms with E-state index in [2.05, 4.69) is 5.16 Å². The molecule has 0 amide bonds. The number of rotatable bonds is 4. The fourth-order valence-electron chi connectivity index (χ4n) is 2.59. The number of Topliss-reactive ketones (excluding diaryl/α,β-unsaturated/α-hetero) is 1. The van der Waals surface area contributed by atoms with Gasteiger partial charge in [0, 0.05) is 17.5 Å². The summed E-state index contributed by atoms with van der Waals surface area (Å²) >= 11 is 1.33. The number of carbonyl (C=O) groups is 1. The normalized spacial score (nSPS) is 11.5. The lowest BCUT2D eigenvalue weighted by atomic mass is 10.1. The molecule has 0 atom stereocenters. The predicted octanol–water partition coefficient (Wildman–Crippen LogP) is 4.24. The van der Waals surface area contributed by atoms with E-state index >= 15 is 0 Å². The Labute approximate surface area is 143 Å². The molecular formula is C18H15N3O2S. The SMILES string of the molecule is Cc1cc(-n2c(C)cc(/C=C(\C#N)C(=O)c3cccs3)c2C)no1. The third-order valence-electron chi connectivity index (χ3n) is 3.72. The minimum absolute atomic E-state index is 0.119. The number of nitrogens with zero attached hydrogens (tertiary/aromatic N) is 3. The number of carbonyl (C=O) groups excluding carboxylic acids is 1. The van der Waals surface area contributed by atoms with Crippen molar-refractivity contribution in [2.45, 2.75) is 20.8 Å². The third kappa shape index (κ3) is 2.82. The van der Waals surface area contributed by atoms with Gasteiger partial charge in [-0.15, -0.1) is 11.3 Å². The first-order valence-electron chi connectivity index (χ1n) is 7.34. The summed E-state index contributed by atoms with van der Waals surface area (Å²) in [6.45, 7) is 5.70. The fraction of sp³-hybridized carbons (Fsp3) is 0.167. The molecule has 3 rings (SSSR count). The third-order valence-corrected chi connectivity index (χ3v) is 4.59. The number of hydrogen-bond donors (Lipinski definition) is 0.